The monoisotopic (exact) mass is 314 g/mol. The molecule has 0 bridgehead atoms. The highest BCUT2D eigenvalue weighted by molar-refractivity contribution is 5.33. The van der Waals surface area contributed by atoms with E-state index in [4.69, 9.17) is 4.74 Å². The smallest absolute Gasteiger partial charge is 0.122 e. The van der Waals surface area contributed by atoms with Crippen LogP contribution in [0.15, 0.2) is 24.3 Å². The zero-order valence-corrected chi connectivity index (χ0v) is 15.0. The van der Waals surface area contributed by atoms with Crippen molar-refractivity contribution in [3.05, 3.63) is 29.8 Å². The van der Waals surface area contributed by atoms with Gasteiger partial charge < -0.3 is 4.74 Å². The Morgan fingerprint density at radius 2 is 1.83 bits per heavy atom. The topological polar surface area (TPSA) is 9.23 Å². The molecule has 1 aromatic rings. The van der Waals surface area contributed by atoms with Gasteiger partial charge in [-0.1, -0.05) is 57.2 Å². The molecule has 1 aromatic carbocycles. The Hall–Kier alpha value is -0.980. The molecule has 2 fully saturated rings. The van der Waals surface area contributed by atoms with Crippen molar-refractivity contribution in [1.29, 1.82) is 0 Å². The minimum atomic E-state index is 0.687. The molecule has 0 amide bonds. The summed E-state index contributed by atoms with van der Waals surface area (Å²) in [6.07, 6.45) is 16.7. The van der Waals surface area contributed by atoms with Gasteiger partial charge in [-0.25, -0.2) is 0 Å². The first-order chi connectivity index (χ1) is 11.3. The van der Waals surface area contributed by atoms with Crippen LogP contribution in [-0.2, 0) is 6.42 Å². The van der Waals surface area contributed by atoms with Crippen LogP contribution in [0.5, 0.6) is 5.75 Å². The molecule has 0 heterocycles. The first kappa shape index (κ1) is 16.9. The maximum Gasteiger partial charge on any atom is 0.122 e. The third-order valence-corrected chi connectivity index (χ3v) is 6.20. The van der Waals surface area contributed by atoms with E-state index in [9.17, 15) is 0 Å². The molecule has 0 saturated heterocycles. The van der Waals surface area contributed by atoms with Crippen LogP contribution in [0.4, 0.5) is 0 Å². The molecule has 128 valence electrons. The maximum absolute atomic E-state index is 6.31. The Kier molecular flexibility index (Phi) is 6.02. The molecule has 0 radical (unpaired) electrons. The molecule has 2 aliphatic rings. The Morgan fingerprint density at radius 1 is 1.04 bits per heavy atom. The van der Waals surface area contributed by atoms with Gasteiger partial charge in [0.1, 0.15) is 5.75 Å². The summed E-state index contributed by atoms with van der Waals surface area (Å²) >= 11 is 0. The van der Waals surface area contributed by atoms with E-state index in [1.807, 2.05) is 0 Å². The summed E-state index contributed by atoms with van der Waals surface area (Å²) in [4.78, 5) is 0. The van der Waals surface area contributed by atoms with Gasteiger partial charge in [-0.15, -0.1) is 0 Å². The Balaban J connectivity index is 1.55. The Labute approximate surface area is 142 Å². The first-order valence-electron chi connectivity index (χ1n) is 10.0. The molecule has 2 aliphatic carbocycles. The van der Waals surface area contributed by atoms with Crippen LogP contribution in [0, 0.1) is 11.3 Å². The van der Waals surface area contributed by atoms with Gasteiger partial charge in [0.05, 0.1) is 6.61 Å². The van der Waals surface area contributed by atoms with Crippen LogP contribution in [0.2, 0.25) is 0 Å². The number of hydrogen-bond donors (Lipinski definition) is 0. The molecule has 1 nitrogen and oxygen atoms in total. The van der Waals surface area contributed by atoms with E-state index in [1.54, 1.807) is 0 Å². The fraction of sp³-hybridized carbons (Fsp3) is 0.727. The lowest BCUT2D eigenvalue weighted by Crippen LogP contribution is -2.33. The van der Waals surface area contributed by atoms with Crippen LogP contribution in [0.25, 0.3) is 0 Å². The van der Waals surface area contributed by atoms with Crippen LogP contribution < -0.4 is 4.74 Å². The van der Waals surface area contributed by atoms with E-state index in [0.29, 0.717) is 5.41 Å². The minimum absolute atomic E-state index is 0.687. The highest BCUT2D eigenvalue weighted by atomic mass is 16.5. The van der Waals surface area contributed by atoms with Gasteiger partial charge in [0.25, 0.3) is 0 Å². The molecule has 0 aliphatic heterocycles. The molecule has 2 saturated carbocycles. The predicted octanol–water partition coefficient (Wildman–Crippen LogP) is 6.55. The number of benzene rings is 1. The Bertz CT molecular complexity index is 467. The Morgan fingerprint density at radius 3 is 2.65 bits per heavy atom. The zero-order valence-electron chi connectivity index (χ0n) is 15.0. The molecular weight excluding hydrogens is 280 g/mol. The summed E-state index contributed by atoms with van der Waals surface area (Å²) in [7, 11) is 0. The molecule has 1 unspecified atom stereocenters. The van der Waals surface area contributed by atoms with Gasteiger partial charge in [0, 0.05) is 0 Å². The summed E-state index contributed by atoms with van der Waals surface area (Å²) in [6, 6.07) is 8.68. The first-order valence-corrected chi connectivity index (χ1v) is 10.0. The number of para-hydroxylation sites is 1. The average molecular weight is 315 g/mol. The van der Waals surface area contributed by atoms with Gasteiger partial charge in [-0.2, -0.15) is 0 Å². The van der Waals surface area contributed by atoms with Crippen LogP contribution in [0.3, 0.4) is 0 Å². The SMILES string of the molecule is CCCCc1ccccc1OCC1CCCC2(CCCCC2)C1. The summed E-state index contributed by atoms with van der Waals surface area (Å²) in [5.41, 5.74) is 2.09. The second-order valence-electron chi connectivity index (χ2n) is 8.05. The third kappa shape index (κ3) is 4.52. The average Bonchev–Trinajstić information content (AvgIpc) is 2.60. The van der Waals surface area contributed by atoms with Crippen LogP contribution in [-0.4, -0.2) is 6.61 Å². The largest absolute Gasteiger partial charge is 0.493 e. The van der Waals surface area contributed by atoms with E-state index in [1.165, 1.54) is 76.2 Å². The van der Waals surface area contributed by atoms with Crippen molar-refractivity contribution < 1.29 is 4.74 Å². The highest BCUT2D eigenvalue weighted by Gasteiger charge is 2.37. The quantitative estimate of drug-likeness (QED) is 0.578. The molecule has 1 heteroatoms. The van der Waals surface area contributed by atoms with Crippen molar-refractivity contribution in [2.24, 2.45) is 11.3 Å². The van der Waals surface area contributed by atoms with E-state index >= 15 is 0 Å². The van der Waals surface area contributed by atoms with Crippen molar-refractivity contribution in [3.63, 3.8) is 0 Å². The van der Waals surface area contributed by atoms with Crippen LogP contribution >= 0.6 is 0 Å². The number of aryl methyl sites for hydroxylation is 1. The standard InChI is InChI=1S/C22H34O/c1-2-3-11-20-12-5-6-13-21(20)23-18-19-10-9-16-22(17-19)14-7-4-8-15-22/h5-6,12-13,19H,2-4,7-11,14-18H2,1H3. The molecular formula is C22H34O. The maximum atomic E-state index is 6.31. The second-order valence-corrected chi connectivity index (χ2v) is 8.05. The van der Waals surface area contributed by atoms with Crippen LogP contribution in [0.1, 0.15) is 83.1 Å². The number of rotatable bonds is 6. The van der Waals surface area contributed by atoms with E-state index < -0.39 is 0 Å². The van der Waals surface area contributed by atoms with Gasteiger partial charge in [-0.3, -0.25) is 0 Å². The number of hydrogen-bond acceptors (Lipinski definition) is 1. The molecule has 0 N–H and O–H groups in total. The van der Waals surface area contributed by atoms with Gasteiger partial charge in [0.15, 0.2) is 0 Å². The van der Waals surface area contributed by atoms with Crippen molar-refractivity contribution in [1.82, 2.24) is 0 Å². The van der Waals surface area contributed by atoms with Gasteiger partial charge >= 0.3 is 0 Å². The fourth-order valence-electron chi connectivity index (χ4n) is 4.91. The van der Waals surface area contributed by atoms with E-state index in [0.717, 1.165) is 24.7 Å². The zero-order chi connectivity index (χ0) is 16.0. The summed E-state index contributed by atoms with van der Waals surface area (Å²) in [5.74, 6) is 1.92. The molecule has 3 rings (SSSR count). The van der Waals surface area contributed by atoms with Gasteiger partial charge in [0.2, 0.25) is 0 Å². The minimum Gasteiger partial charge on any atom is -0.493 e. The normalized spacial score (nSPS) is 23.8. The number of ether oxygens (including phenoxy) is 1. The molecule has 23 heavy (non-hydrogen) atoms. The lowest BCUT2D eigenvalue weighted by atomic mass is 9.63. The lowest BCUT2D eigenvalue weighted by Gasteiger charge is -2.43. The summed E-state index contributed by atoms with van der Waals surface area (Å²) < 4.78 is 6.31. The molecule has 1 spiro atoms. The van der Waals surface area contributed by atoms with Crippen molar-refractivity contribution >= 4 is 0 Å². The van der Waals surface area contributed by atoms with E-state index in [-0.39, 0.29) is 0 Å². The summed E-state index contributed by atoms with van der Waals surface area (Å²) in [5, 5.41) is 0. The van der Waals surface area contributed by atoms with E-state index in [2.05, 4.69) is 31.2 Å². The van der Waals surface area contributed by atoms with Crippen molar-refractivity contribution in [2.45, 2.75) is 84.0 Å². The third-order valence-electron chi connectivity index (χ3n) is 6.20. The van der Waals surface area contributed by atoms with Crippen molar-refractivity contribution in [3.8, 4) is 5.75 Å². The summed E-state index contributed by atoms with van der Waals surface area (Å²) in [6.45, 7) is 3.19. The highest BCUT2D eigenvalue weighted by Crippen LogP contribution is 2.49. The lowest BCUT2D eigenvalue weighted by molar-refractivity contribution is 0.0656. The van der Waals surface area contributed by atoms with Crippen molar-refractivity contribution in [2.75, 3.05) is 6.61 Å². The molecule has 0 aromatic heterocycles. The number of unbranched alkanes of at least 4 members (excludes halogenated alkanes) is 1. The second kappa shape index (κ2) is 8.22. The predicted molar refractivity (Wildman–Crippen MR) is 98.0 cm³/mol. The molecule has 1 atom stereocenters. The van der Waals surface area contributed by atoms with Gasteiger partial charge in [-0.05, 0) is 67.9 Å². The fourth-order valence-corrected chi connectivity index (χ4v) is 4.91.